The van der Waals surface area contributed by atoms with Crippen molar-refractivity contribution in [3.63, 3.8) is 0 Å². The molecule has 0 saturated heterocycles. The molecule has 1 N–H and O–H groups in total. The molecule has 0 aliphatic carbocycles. The Morgan fingerprint density at radius 1 is 1.56 bits per heavy atom. The van der Waals surface area contributed by atoms with Crippen LogP contribution < -0.4 is 4.74 Å². The average molecular weight is 423 g/mol. The smallest absolute Gasteiger partial charge is 0.136 e. The van der Waals surface area contributed by atoms with Crippen molar-refractivity contribution in [3.05, 3.63) is 38.6 Å². The summed E-state index contributed by atoms with van der Waals surface area (Å²) in [6, 6.07) is 5.75. The zero-order valence-electron chi connectivity index (χ0n) is 9.68. The van der Waals surface area contributed by atoms with Gasteiger partial charge >= 0.3 is 0 Å². The molecule has 0 amide bonds. The van der Waals surface area contributed by atoms with Crippen molar-refractivity contribution in [2.75, 3.05) is 6.61 Å². The van der Waals surface area contributed by atoms with Crippen LogP contribution in [-0.4, -0.2) is 27.6 Å². The van der Waals surface area contributed by atoms with Crippen LogP contribution in [0.25, 0.3) is 5.69 Å². The Morgan fingerprint density at radius 3 is 2.94 bits per heavy atom. The second-order valence-corrected chi connectivity index (χ2v) is 5.81. The van der Waals surface area contributed by atoms with Gasteiger partial charge in [0.05, 0.1) is 16.8 Å². The van der Waals surface area contributed by atoms with Gasteiger partial charge in [-0.15, -0.1) is 0 Å². The van der Waals surface area contributed by atoms with E-state index < -0.39 is 0 Å². The maximum absolute atomic E-state index is 9.04. The zero-order valence-corrected chi connectivity index (χ0v) is 13.4. The summed E-state index contributed by atoms with van der Waals surface area (Å²) in [4.78, 5) is 0. The van der Waals surface area contributed by atoms with Crippen molar-refractivity contribution in [1.29, 1.82) is 0 Å². The third-order valence-electron chi connectivity index (χ3n) is 2.34. The van der Waals surface area contributed by atoms with Crippen molar-refractivity contribution in [2.24, 2.45) is 0 Å². The van der Waals surface area contributed by atoms with E-state index >= 15 is 0 Å². The highest BCUT2D eigenvalue weighted by atomic mass is 127. The first-order valence-electron chi connectivity index (χ1n) is 5.38. The summed E-state index contributed by atoms with van der Waals surface area (Å²) in [5.74, 6) is 0.697. The molecule has 0 radical (unpaired) electrons. The number of hydrogen-bond acceptors (Lipinski definition) is 3. The van der Waals surface area contributed by atoms with Gasteiger partial charge in [-0.05, 0) is 57.6 Å². The number of benzene rings is 1. The molecule has 2 rings (SSSR count). The van der Waals surface area contributed by atoms with Gasteiger partial charge in [-0.2, -0.15) is 5.10 Å². The maximum Gasteiger partial charge on any atom is 0.136 e. The predicted molar refractivity (Wildman–Crippen MR) is 81.2 cm³/mol. The Bertz CT molecular complexity index is 531. The Balaban J connectivity index is 2.40. The van der Waals surface area contributed by atoms with Crippen molar-refractivity contribution in [1.82, 2.24) is 9.78 Å². The fourth-order valence-corrected chi connectivity index (χ4v) is 3.03. The number of ether oxygens (including phenoxy) is 1. The van der Waals surface area contributed by atoms with E-state index in [4.69, 9.17) is 9.84 Å². The fourth-order valence-electron chi connectivity index (χ4n) is 1.45. The minimum Gasteiger partial charge on any atom is -0.487 e. The normalized spacial score (nSPS) is 12.4. The third kappa shape index (κ3) is 3.04. The van der Waals surface area contributed by atoms with Crippen LogP contribution in [0.1, 0.15) is 6.92 Å². The first-order chi connectivity index (χ1) is 8.61. The molecule has 0 aliphatic heterocycles. The minimum atomic E-state index is -0.244. The van der Waals surface area contributed by atoms with E-state index in [9.17, 15) is 0 Å². The van der Waals surface area contributed by atoms with Crippen LogP contribution in [0.15, 0.2) is 35.1 Å². The fraction of sp³-hybridized carbons (Fsp3) is 0.250. The molecule has 0 saturated carbocycles. The van der Waals surface area contributed by atoms with Gasteiger partial charge in [0.2, 0.25) is 0 Å². The predicted octanol–water partition coefficient (Wildman–Crippen LogP) is 3.00. The second-order valence-electron chi connectivity index (χ2n) is 3.80. The number of rotatable bonds is 4. The first kappa shape index (κ1) is 13.8. The number of hydrogen-bond donors (Lipinski definition) is 1. The molecule has 6 heteroatoms. The van der Waals surface area contributed by atoms with Gasteiger partial charge < -0.3 is 9.84 Å². The third-order valence-corrected chi connectivity index (χ3v) is 3.82. The topological polar surface area (TPSA) is 47.3 Å². The van der Waals surface area contributed by atoms with E-state index in [0.29, 0.717) is 5.75 Å². The molecule has 1 heterocycles. The van der Waals surface area contributed by atoms with Crippen LogP contribution in [0, 0.1) is 3.57 Å². The molecule has 18 heavy (non-hydrogen) atoms. The molecule has 96 valence electrons. The summed E-state index contributed by atoms with van der Waals surface area (Å²) in [5.41, 5.74) is 0.948. The molecular weight excluding hydrogens is 411 g/mol. The van der Waals surface area contributed by atoms with Gasteiger partial charge in [0.1, 0.15) is 11.9 Å². The maximum atomic E-state index is 9.04. The van der Waals surface area contributed by atoms with E-state index in [1.165, 1.54) is 0 Å². The number of halogens is 2. The summed E-state index contributed by atoms with van der Waals surface area (Å²) >= 11 is 5.71. The number of aliphatic hydroxyl groups is 1. The summed E-state index contributed by atoms with van der Waals surface area (Å²) in [6.45, 7) is 1.80. The van der Waals surface area contributed by atoms with E-state index in [1.54, 1.807) is 10.9 Å². The Labute approximate surface area is 127 Å². The average Bonchev–Trinajstić information content (AvgIpc) is 2.86. The van der Waals surface area contributed by atoms with Gasteiger partial charge in [0.15, 0.2) is 0 Å². The van der Waals surface area contributed by atoms with E-state index in [0.717, 1.165) is 13.7 Å². The lowest BCUT2D eigenvalue weighted by atomic mass is 10.3. The van der Waals surface area contributed by atoms with E-state index in [-0.39, 0.29) is 12.7 Å². The van der Waals surface area contributed by atoms with Crippen LogP contribution in [0.3, 0.4) is 0 Å². The lowest BCUT2D eigenvalue weighted by Gasteiger charge is -2.15. The molecule has 2 aromatic rings. The van der Waals surface area contributed by atoms with Gasteiger partial charge in [0.25, 0.3) is 0 Å². The van der Waals surface area contributed by atoms with Crippen LogP contribution in [0.5, 0.6) is 5.75 Å². The monoisotopic (exact) mass is 422 g/mol. The van der Waals surface area contributed by atoms with Crippen molar-refractivity contribution in [3.8, 4) is 11.4 Å². The molecule has 0 aliphatic rings. The quantitative estimate of drug-likeness (QED) is 0.770. The summed E-state index contributed by atoms with van der Waals surface area (Å²) in [5, 5.41) is 13.2. The standard InChI is InChI=1S/C12H12BrIN2O2/c1-8(7-17)18-12-6-11(10(14)5-9(12)13)16-4-2-3-15-16/h2-6,8,17H,7H2,1H3. The highest BCUT2D eigenvalue weighted by Gasteiger charge is 2.12. The van der Waals surface area contributed by atoms with Gasteiger partial charge in [-0.25, -0.2) is 4.68 Å². The molecule has 1 unspecified atom stereocenters. The van der Waals surface area contributed by atoms with Crippen molar-refractivity contribution in [2.45, 2.75) is 13.0 Å². The Hall–Kier alpha value is -0.600. The molecule has 4 nitrogen and oxygen atoms in total. The van der Waals surface area contributed by atoms with Gasteiger partial charge in [0, 0.05) is 22.0 Å². The SMILES string of the molecule is CC(CO)Oc1cc(-n2cccn2)c(I)cc1Br. The Kier molecular flexibility index (Phi) is 4.63. The highest BCUT2D eigenvalue weighted by Crippen LogP contribution is 2.32. The van der Waals surface area contributed by atoms with Crippen LogP contribution in [-0.2, 0) is 0 Å². The van der Waals surface area contributed by atoms with E-state index in [2.05, 4.69) is 43.6 Å². The number of nitrogens with zero attached hydrogens (tertiary/aromatic N) is 2. The van der Waals surface area contributed by atoms with Gasteiger partial charge in [-0.3, -0.25) is 0 Å². The van der Waals surface area contributed by atoms with Crippen LogP contribution in [0.2, 0.25) is 0 Å². The summed E-state index contributed by atoms with van der Waals surface area (Å²) in [6.07, 6.45) is 3.37. The van der Waals surface area contributed by atoms with Crippen LogP contribution in [0.4, 0.5) is 0 Å². The largest absolute Gasteiger partial charge is 0.487 e. The van der Waals surface area contributed by atoms with Crippen molar-refractivity contribution < 1.29 is 9.84 Å². The summed E-state index contributed by atoms with van der Waals surface area (Å²) in [7, 11) is 0. The number of aliphatic hydroxyl groups excluding tert-OH is 1. The minimum absolute atomic E-state index is 0.0183. The highest BCUT2D eigenvalue weighted by molar-refractivity contribution is 14.1. The molecule has 1 aromatic carbocycles. The molecule has 0 bridgehead atoms. The molecule has 1 aromatic heterocycles. The molecule has 0 fully saturated rings. The lowest BCUT2D eigenvalue weighted by molar-refractivity contribution is 0.129. The molecular formula is C12H12BrIN2O2. The Morgan fingerprint density at radius 2 is 2.33 bits per heavy atom. The lowest BCUT2D eigenvalue weighted by Crippen LogP contribution is -2.16. The summed E-state index contributed by atoms with van der Waals surface area (Å²) < 4.78 is 9.36. The van der Waals surface area contributed by atoms with Crippen LogP contribution >= 0.6 is 38.5 Å². The molecule has 0 spiro atoms. The zero-order chi connectivity index (χ0) is 13.1. The van der Waals surface area contributed by atoms with Crippen molar-refractivity contribution >= 4 is 38.5 Å². The molecule has 1 atom stereocenters. The van der Waals surface area contributed by atoms with E-state index in [1.807, 2.05) is 31.3 Å². The second kappa shape index (κ2) is 6.03. The van der Waals surface area contributed by atoms with Gasteiger partial charge in [-0.1, -0.05) is 0 Å². The first-order valence-corrected chi connectivity index (χ1v) is 7.25. The number of aromatic nitrogens is 2.